The van der Waals surface area contributed by atoms with Crippen molar-refractivity contribution in [3.05, 3.63) is 34.9 Å². The van der Waals surface area contributed by atoms with E-state index in [2.05, 4.69) is 0 Å². The Kier molecular flexibility index (Phi) is 5.85. The van der Waals surface area contributed by atoms with Crippen molar-refractivity contribution in [2.45, 2.75) is 38.2 Å². The Labute approximate surface area is 132 Å². The number of carbonyl (C=O) groups excluding carboxylic acids is 1. The van der Waals surface area contributed by atoms with Crippen LogP contribution >= 0.6 is 0 Å². The first-order chi connectivity index (χ1) is 10.8. The van der Waals surface area contributed by atoms with Crippen LogP contribution in [-0.2, 0) is 28.4 Å². The Balaban J connectivity index is 3.10. The molecule has 1 amide bonds. The molecule has 0 aromatic heterocycles. The maximum Gasteiger partial charge on any atom is 0.416 e. The number of carboxylic acid groups (broad SMARTS) is 1. The monoisotopic (exact) mass is 357 g/mol. The molecular formula is C14H13F6NO3. The van der Waals surface area contributed by atoms with Gasteiger partial charge in [0.1, 0.15) is 6.04 Å². The van der Waals surface area contributed by atoms with Crippen LogP contribution in [0, 0.1) is 0 Å². The van der Waals surface area contributed by atoms with Crippen molar-refractivity contribution in [2.75, 3.05) is 0 Å². The van der Waals surface area contributed by atoms with Crippen molar-refractivity contribution in [1.29, 1.82) is 0 Å². The predicted molar refractivity (Wildman–Crippen MR) is 70.0 cm³/mol. The fourth-order valence-electron chi connectivity index (χ4n) is 1.89. The minimum Gasteiger partial charge on any atom is -0.480 e. The van der Waals surface area contributed by atoms with Crippen molar-refractivity contribution in [3.8, 4) is 0 Å². The molecule has 10 heteroatoms. The van der Waals surface area contributed by atoms with Crippen LogP contribution in [0.1, 0.15) is 30.0 Å². The first-order valence-corrected chi connectivity index (χ1v) is 6.65. The minimum atomic E-state index is -5.01. The lowest BCUT2D eigenvalue weighted by atomic mass is 10.0. The van der Waals surface area contributed by atoms with Crippen molar-refractivity contribution < 1.29 is 41.0 Å². The van der Waals surface area contributed by atoms with E-state index in [-0.39, 0.29) is 12.5 Å². The second-order valence-electron chi connectivity index (χ2n) is 4.96. The highest BCUT2D eigenvalue weighted by Gasteiger charge is 2.37. The molecule has 1 rings (SSSR count). The number of nitrogens with one attached hydrogen (secondary N) is 1. The zero-order valence-corrected chi connectivity index (χ0v) is 12.3. The van der Waals surface area contributed by atoms with Crippen molar-refractivity contribution in [3.63, 3.8) is 0 Å². The first kappa shape index (κ1) is 19.8. The molecule has 24 heavy (non-hydrogen) atoms. The summed E-state index contributed by atoms with van der Waals surface area (Å²) in [6.45, 7) is 1.45. The van der Waals surface area contributed by atoms with Gasteiger partial charge in [-0.15, -0.1) is 0 Å². The van der Waals surface area contributed by atoms with E-state index in [1.807, 2.05) is 5.32 Å². The number of aliphatic carboxylic acids is 1. The fourth-order valence-corrected chi connectivity index (χ4v) is 1.89. The topological polar surface area (TPSA) is 66.4 Å². The maximum atomic E-state index is 12.7. The highest BCUT2D eigenvalue weighted by Crippen LogP contribution is 2.36. The maximum absolute atomic E-state index is 12.7. The van der Waals surface area contributed by atoms with E-state index in [1.54, 1.807) is 0 Å². The van der Waals surface area contributed by atoms with Crippen LogP contribution in [0.2, 0.25) is 0 Å². The van der Waals surface area contributed by atoms with Gasteiger partial charge in [-0.05, 0) is 30.2 Å². The third kappa shape index (κ3) is 5.43. The summed E-state index contributed by atoms with van der Waals surface area (Å²) in [5.41, 5.74) is -3.59. The Morgan fingerprint density at radius 3 is 1.83 bits per heavy atom. The normalized spacial score (nSPS) is 13.5. The highest BCUT2D eigenvalue weighted by molar-refractivity contribution is 5.84. The van der Waals surface area contributed by atoms with Gasteiger partial charge in [-0.1, -0.05) is 6.92 Å². The van der Waals surface area contributed by atoms with Gasteiger partial charge in [-0.25, -0.2) is 4.79 Å². The lowest BCUT2D eigenvalue weighted by molar-refractivity contribution is -0.143. The van der Waals surface area contributed by atoms with Crippen molar-refractivity contribution in [2.24, 2.45) is 0 Å². The molecule has 0 spiro atoms. The Hall–Kier alpha value is -2.26. The summed E-state index contributed by atoms with van der Waals surface area (Å²) in [6, 6.07) is -0.467. The number of hydrogen-bond donors (Lipinski definition) is 2. The molecule has 0 aliphatic rings. The number of carboxylic acids is 1. The van der Waals surface area contributed by atoms with Crippen molar-refractivity contribution in [1.82, 2.24) is 5.32 Å². The number of halogens is 6. The number of rotatable bonds is 5. The van der Waals surface area contributed by atoms with Gasteiger partial charge in [-0.2, -0.15) is 26.3 Å². The smallest absolute Gasteiger partial charge is 0.416 e. The summed E-state index contributed by atoms with van der Waals surface area (Å²) in [6.07, 6.45) is -10.8. The number of alkyl halides is 6. The van der Waals surface area contributed by atoms with E-state index in [1.165, 1.54) is 6.92 Å². The second-order valence-corrected chi connectivity index (χ2v) is 4.96. The molecule has 0 saturated carbocycles. The Morgan fingerprint density at radius 2 is 1.50 bits per heavy atom. The molecule has 0 bridgehead atoms. The molecule has 1 atom stereocenters. The van der Waals surface area contributed by atoms with Crippen molar-refractivity contribution >= 4 is 11.9 Å². The van der Waals surface area contributed by atoms with Gasteiger partial charge in [-0.3, -0.25) is 4.79 Å². The van der Waals surface area contributed by atoms with E-state index in [4.69, 9.17) is 5.11 Å². The second kappa shape index (κ2) is 7.10. The molecule has 0 heterocycles. The van der Waals surface area contributed by atoms with Crippen LogP contribution in [0.25, 0.3) is 0 Å². The zero-order valence-electron chi connectivity index (χ0n) is 12.3. The lowest BCUT2D eigenvalue weighted by Gasteiger charge is -2.15. The standard InChI is InChI=1S/C14H13F6NO3/c1-2-10(12(23)24)21-11(22)5-7-3-8(13(15,16)17)6-9(4-7)14(18,19)20/h3-4,6,10H,2,5H2,1H3,(H,21,22)(H,23,24)/t10-/m0/s1. The largest absolute Gasteiger partial charge is 0.480 e. The van der Waals surface area contributed by atoms with Crippen LogP contribution in [0.4, 0.5) is 26.3 Å². The van der Waals surface area contributed by atoms with E-state index in [0.717, 1.165) is 0 Å². The molecule has 1 aromatic carbocycles. The summed E-state index contributed by atoms with van der Waals surface area (Å²) in [5, 5.41) is 10.8. The summed E-state index contributed by atoms with van der Waals surface area (Å²) in [5.74, 6) is -2.34. The molecule has 1 aromatic rings. The molecule has 0 radical (unpaired) electrons. The van der Waals surface area contributed by atoms with Gasteiger partial charge in [0, 0.05) is 0 Å². The molecule has 0 aliphatic carbocycles. The predicted octanol–water partition coefficient (Wildman–Crippen LogP) is 3.25. The first-order valence-electron chi connectivity index (χ1n) is 6.65. The SMILES string of the molecule is CC[C@H](NC(=O)Cc1cc(C(F)(F)F)cc(C(F)(F)F)c1)C(=O)O. The van der Waals surface area contributed by atoms with Crippen LogP contribution in [0.5, 0.6) is 0 Å². The van der Waals surface area contributed by atoms with Crippen LogP contribution in [-0.4, -0.2) is 23.0 Å². The van der Waals surface area contributed by atoms with E-state index >= 15 is 0 Å². The Morgan fingerprint density at radius 1 is 1.04 bits per heavy atom. The summed E-state index contributed by atoms with van der Waals surface area (Å²) in [4.78, 5) is 22.4. The van der Waals surface area contributed by atoms with Crippen LogP contribution in [0.15, 0.2) is 18.2 Å². The minimum absolute atomic E-state index is 0.0114. The van der Waals surface area contributed by atoms with Gasteiger partial charge in [0.25, 0.3) is 0 Å². The van der Waals surface area contributed by atoms with Gasteiger partial charge in [0.05, 0.1) is 17.5 Å². The number of carbonyl (C=O) groups is 2. The third-order valence-electron chi connectivity index (χ3n) is 3.05. The summed E-state index contributed by atoms with van der Waals surface area (Å²) < 4.78 is 76.2. The Bertz CT molecular complexity index is 592. The summed E-state index contributed by atoms with van der Waals surface area (Å²) >= 11 is 0. The van der Waals surface area contributed by atoms with E-state index in [9.17, 15) is 35.9 Å². The van der Waals surface area contributed by atoms with Crippen LogP contribution in [0.3, 0.4) is 0 Å². The third-order valence-corrected chi connectivity index (χ3v) is 3.05. The number of amides is 1. The molecule has 0 unspecified atom stereocenters. The fraction of sp³-hybridized carbons (Fsp3) is 0.429. The van der Waals surface area contributed by atoms with E-state index < -0.39 is 53.4 Å². The average molecular weight is 357 g/mol. The molecule has 0 fully saturated rings. The molecule has 4 nitrogen and oxygen atoms in total. The molecule has 134 valence electrons. The van der Waals surface area contributed by atoms with Gasteiger partial charge in [0.15, 0.2) is 0 Å². The summed E-state index contributed by atoms with van der Waals surface area (Å²) in [7, 11) is 0. The molecule has 0 aliphatic heterocycles. The molecular weight excluding hydrogens is 344 g/mol. The highest BCUT2D eigenvalue weighted by atomic mass is 19.4. The van der Waals surface area contributed by atoms with Gasteiger partial charge in [0.2, 0.25) is 5.91 Å². The molecule has 0 saturated heterocycles. The number of benzene rings is 1. The number of hydrogen-bond acceptors (Lipinski definition) is 2. The van der Waals surface area contributed by atoms with Gasteiger partial charge >= 0.3 is 18.3 Å². The average Bonchev–Trinajstić information content (AvgIpc) is 2.42. The van der Waals surface area contributed by atoms with Crippen LogP contribution < -0.4 is 5.32 Å². The lowest BCUT2D eigenvalue weighted by Crippen LogP contribution is -2.41. The van der Waals surface area contributed by atoms with Gasteiger partial charge < -0.3 is 10.4 Å². The zero-order chi connectivity index (χ0) is 18.7. The quantitative estimate of drug-likeness (QED) is 0.795. The molecule has 2 N–H and O–H groups in total. The van der Waals surface area contributed by atoms with E-state index in [0.29, 0.717) is 12.1 Å².